The fourth-order valence-corrected chi connectivity index (χ4v) is 9.06. The first-order chi connectivity index (χ1) is 27.3. The lowest BCUT2D eigenvalue weighted by Gasteiger charge is -2.31. The third kappa shape index (κ3) is 7.22. The van der Waals surface area contributed by atoms with Gasteiger partial charge >= 0.3 is 0 Å². The Labute approximate surface area is 326 Å². The molecule has 1 saturated heterocycles. The molecule has 8 rings (SSSR count). The maximum Gasteiger partial charge on any atom is 0.262 e. The normalized spacial score (nSPS) is 21.9. The van der Waals surface area contributed by atoms with E-state index in [4.69, 9.17) is 18.9 Å². The molecular weight excluding hydrogens is 712 g/mol. The van der Waals surface area contributed by atoms with Crippen LogP contribution in [0.1, 0.15) is 83.7 Å². The van der Waals surface area contributed by atoms with Crippen molar-refractivity contribution in [3.8, 4) is 11.5 Å². The lowest BCUT2D eigenvalue weighted by molar-refractivity contribution is -0.136. The molecule has 0 radical (unpaired) electrons. The molecule has 2 aliphatic heterocycles. The maximum atomic E-state index is 13.1. The largest absolute Gasteiger partial charge is 0.508 e. The van der Waals surface area contributed by atoms with E-state index in [9.17, 15) is 24.3 Å². The number of amides is 4. The molecule has 56 heavy (non-hydrogen) atoms. The fourth-order valence-electron chi connectivity index (χ4n) is 9.06. The highest BCUT2D eigenvalue weighted by Gasteiger charge is 2.46. The van der Waals surface area contributed by atoms with E-state index in [1.165, 1.54) is 51.1 Å². The van der Waals surface area contributed by atoms with E-state index in [1.54, 1.807) is 18.2 Å². The zero-order valence-corrected chi connectivity index (χ0v) is 31.5. The van der Waals surface area contributed by atoms with E-state index in [1.807, 2.05) is 0 Å². The number of fused-ring (bicyclic) bond motifs is 5. The van der Waals surface area contributed by atoms with Crippen molar-refractivity contribution in [3.63, 3.8) is 0 Å². The number of benzene rings is 3. The highest BCUT2D eigenvalue weighted by molar-refractivity contribution is 6.23. The third-order valence-corrected chi connectivity index (χ3v) is 11.5. The molecule has 3 aliphatic carbocycles. The summed E-state index contributed by atoms with van der Waals surface area (Å²) in [5, 5.41) is 12.3. The molecule has 4 amide bonds. The summed E-state index contributed by atoms with van der Waals surface area (Å²) in [6.07, 6.45) is 5.26. The molecule has 5 aliphatic rings. The number of nitrogens with one attached hydrogen (secondary N) is 1. The van der Waals surface area contributed by atoms with Crippen LogP contribution in [0, 0.1) is 5.92 Å². The summed E-state index contributed by atoms with van der Waals surface area (Å²) < 4.78 is 23.8. The van der Waals surface area contributed by atoms with Gasteiger partial charge in [-0.2, -0.15) is 0 Å². The predicted molar refractivity (Wildman–Crippen MR) is 208 cm³/mol. The molecule has 0 spiro atoms. The number of phenols is 1. The van der Waals surface area contributed by atoms with Gasteiger partial charge in [0.25, 0.3) is 11.8 Å². The van der Waals surface area contributed by atoms with Crippen molar-refractivity contribution >= 4 is 34.8 Å². The van der Waals surface area contributed by atoms with Gasteiger partial charge < -0.3 is 24.1 Å². The summed E-state index contributed by atoms with van der Waals surface area (Å²) in [6, 6.07) is 22.0. The Balaban J connectivity index is 0.802. The van der Waals surface area contributed by atoms with Gasteiger partial charge in [0.2, 0.25) is 11.8 Å². The van der Waals surface area contributed by atoms with E-state index < -0.39 is 29.7 Å². The molecule has 1 atom stereocenters. The van der Waals surface area contributed by atoms with Gasteiger partial charge in [-0.3, -0.25) is 29.4 Å². The molecule has 3 aromatic carbocycles. The van der Waals surface area contributed by atoms with E-state index in [0.717, 1.165) is 42.6 Å². The minimum Gasteiger partial charge on any atom is -0.508 e. The number of carbonyl (C=O) groups is 4. The quantitative estimate of drug-likeness (QED) is 0.0733. The summed E-state index contributed by atoms with van der Waals surface area (Å²) in [4.78, 5) is 50.8. The van der Waals surface area contributed by atoms with Crippen LogP contribution in [0.2, 0.25) is 0 Å². The van der Waals surface area contributed by atoms with Crippen LogP contribution in [-0.4, -0.2) is 85.4 Å². The minimum atomic E-state index is -1.01. The van der Waals surface area contributed by atoms with E-state index in [0.29, 0.717) is 38.8 Å². The monoisotopic (exact) mass is 758 g/mol. The molecule has 11 heteroatoms. The van der Waals surface area contributed by atoms with Gasteiger partial charge in [-0.15, -0.1) is 0 Å². The number of phenolic OH excluding ortho intramolecular Hbond substituents is 1. The molecule has 3 fully saturated rings. The smallest absolute Gasteiger partial charge is 0.262 e. The maximum absolute atomic E-state index is 13.1. The van der Waals surface area contributed by atoms with Crippen LogP contribution in [-0.2, 0) is 23.8 Å². The average molecular weight is 759 g/mol. The highest BCUT2D eigenvalue weighted by atomic mass is 16.6. The standard InChI is InChI=1S/C45H46N2O9/c1-2-31(27-6-4-3-5-7-27)40(28-8-10-29(48)11-9-28)41-32-14-15-33(41)35-17-16-34(32)42(35)56-25-23-54-21-20-53-22-24-55-30-12-13-36-37(26-30)45(52)47(44(36)51)38-18-19-39(49)46-43(38)50/h3-13,26,38,41-42,48H,2,14-25H2,1H3,(H,46,49,50)/b40-31-. The number of imide groups is 2. The predicted octanol–water partition coefficient (Wildman–Crippen LogP) is 6.42. The van der Waals surface area contributed by atoms with E-state index in [2.05, 4.69) is 54.7 Å². The molecule has 0 aromatic heterocycles. The van der Waals surface area contributed by atoms with Gasteiger partial charge in [-0.1, -0.05) is 60.5 Å². The first kappa shape index (κ1) is 37.6. The van der Waals surface area contributed by atoms with Crippen LogP contribution < -0.4 is 10.1 Å². The molecule has 2 saturated carbocycles. The number of carbonyl (C=O) groups excluding carboxylic acids is 4. The van der Waals surface area contributed by atoms with Crippen molar-refractivity contribution in [2.75, 3.05) is 39.6 Å². The summed E-state index contributed by atoms with van der Waals surface area (Å²) in [5.41, 5.74) is 11.3. The van der Waals surface area contributed by atoms with Gasteiger partial charge in [0.05, 0.1) is 44.2 Å². The Morgan fingerprint density at radius 2 is 1.36 bits per heavy atom. The highest BCUT2D eigenvalue weighted by Crippen LogP contribution is 2.58. The van der Waals surface area contributed by atoms with Crippen molar-refractivity contribution in [2.24, 2.45) is 5.92 Å². The molecular formula is C45H46N2O9. The van der Waals surface area contributed by atoms with Crippen LogP contribution in [0.25, 0.3) is 11.1 Å². The Kier molecular flexibility index (Phi) is 11.0. The molecule has 3 aromatic rings. The van der Waals surface area contributed by atoms with Crippen LogP contribution in [0.15, 0.2) is 95.1 Å². The zero-order valence-electron chi connectivity index (χ0n) is 31.5. The van der Waals surface area contributed by atoms with E-state index >= 15 is 0 Å². The zero-order chi connectivity index (χ0) is 38.8. The minimum absolute atomic E-state index is 0.0201. The van der Waals surface area contributed by atoms with Crippen molar-refractivity contribution in [1.29, 1.82) is 0 Å². The number of rotatable bonds is 16. The van der Waals surface area contributed by atoms with Gasteiger partial charge in [-0.25, -0.2) is 0 Å². The number of nitrogens with zero attached hydrogens (tertiary/aromatic N) is 1. The lowest BCUT2D eigenvalue weighted by atomic mass is 9.75. The van der Waals surface area contributed by atoms with Crippen LogP contribution in [0.4, 0.5) is 0 Å². The number of hydrogen-bond acceptors (Lipinski definition) is 9. The van der Waals surface area contributed by atoms with Crippen LogP contribution in [0.3, 0.4) is 0 Å². The average Bonchev–Trinajstić information content (AvgIpc) is 3.81. The number of hydrogen-bond donors (Lipinski definition) is 2. The molecule has 1 unspecified atom stereocenters. The van der Waals surface area contributed by atoms with Crippen molar-refractivity contribution in [1.82, 2.24) is 10.2 Å². The first-order valence-electron chi connectivity index (χ1n) is 19.6. The Morgan fingerprint density at radius 1 is 0.714 bits per heavy atom. The van der Waals surface area contributed by atoms with E-state index in [-0.39, 0.29) is 48.3 Å². The summed E-state index contributed by atoms with van der Waals surface area (Å²) >= 11 is 0. The molecule has 290 valence electrons. The van der Waals surface area contributed by atoms with Gasteiger partial charge in [0, 0.05) is 12.3 Å². The number of allylic oxidation sites excluding steroid dienone is 4. The summed E-state index contributed by atoms with van der Waals surface area (Å²) in [6.45, 7) is 4.48. The Hall–Kier alpha value is -5.36. The summed E-state index contributed by atoms with van der Waals surface area (Å²) in [5.74, 6) is -1.28. The van der Waals surface area contributed by atoms with Crippen LogP contribution in [0.5, 0.6) is 11.5 Å². The number of piperidine rings is 1. The SMILES string of the molecule is CC/C(=C(\c1ccc(O)cc1)C1C2=C3CCC(=C1CC2)C3OCCOCCOCCOc1ccc2c(c1)C(=O)N(C1CCC(=O)NC1=O)C2=O)c1ccccc1. The second-order valence-corrected chi connectivity index (χ2v) is 14.7. The van der Waals surface area contributed by atoms with Crippen molar-refractivity contribution in [2.45, 2.75) is 64.0 Å². The number of aromatic hydroxyl groups is 1. The van der Waals surface area contributed by atoms with Crippen LogP contribution >= 0.6 is 0 Å². The number of ether oxygens (including phenoxy) is 4. The first-order valence-corrected chi connectivity index (χ1v) is 19.6. The Morgan fingerprint density at radius 3 is 2.04 bits per heavy atom. The molecule has 11 nitrogen and oxygen atoms in total. The fraction of sp³-hybridized carbons (Fsp3) is 0.378. The van der Waals surface area contributed by atoms with Crippen molar-refractivity contribution in [3.05, 3.63) is 117 Å². The van der Waals surface area contributed by atoms with Crippen molar-refractivity contribution < 1.29 is 43.2 Å². The molecule has 2 N–H and O–H groups in total. The molecule has 4 bridgehead atoms. The van der Waals surface area contributed by atoms with Gasteiger partial charge in [-0.05, 0) is 102 Å². The topological polar surface area (TPSA) is 141 Å². The lowest BCUT2D eigenvalue weighted by Crippen LogP contribution is -2.54. The van der Waals surface area contributed by atoms with Gasteiger partial charge in [0.15, 0.2) is 0 Å². The Bertz CT molecular complexity index is 2110. The van der Waals surface area contributed by atoms with Gasteiger partial charge in [0.1, 0.15) is 30.3 Å². The third-order valence-electron chi connectivity index (χ3n) is 11.5. The second kappa shape index (κ2) is 16.4. The molecule has 2 heterocycles. The second-order valence-electron chi connectivity index (χ2n) is 14.7. The summed E-state index contributed by atoms with van der Waals surface area (Å²) in [7, 11) is 0.